The predicted molar refractivity (Wildman–Crippen MR) is 74.7 cm³/mol. The van der Waals surface area contributed by atoms with Gasteiger partial charge in [0.05, 0.1) is 0 Å². The summed E-state index contributed by atoms with van der Waals surface area (Å²) in [6.45, 7) is 1.78. The van der Waals surface area contributed by atoms with Gasteiger partial charge in [-0.2, -0.15) is 0 Å². The van der Waals surface area contributed by atoms with Crippen molar-refractivity contribution < 1.29 is 19.4 Å². The molecule has 0 aromatic rings. The van der Waals surface area contributed by atoms with Gasteiger partial charge in [-0.1, -0.05) is 0 Å². The number of ether oxygens (including phenoxy) is 1. The Morgan fingerprint density at radius 1 is 1.45 bits per heavy atom. The molecule has 1 fully saturated rings. The number of methoxy groups -OCH3 is 1. The third-order valence-corrected chi connectivity index (χ3v) is 3.36. The molecule has 0 radical (unpaired) electrons. The molecular weight excluding hydrogens is 262 g/mol. The predicted octanol–water partition coefficient (Wildman–Crippen LogP) is 0.260. The van der Waals surface area contributed by atoms with Gasteiger partial charge in [0, 0.05) is 32.8 Å². The number of nitrogens with zero attached hydrogens (tertiary/aromatic N) is 1. The third-order valence-electron chi connectivity index (χ3n) is 3.36. The first-order chi connectivity index (χ1) is 9.54. The van der Waals surface area contributed by atoms with E-state index in [1.807, 2.05) is 7.05 Å². The summed E-state index contributed by atoms with van der Waals surface area (Å²) in [4.78, 5) is 24.8. The summed E-state index contributed by atoms with van der Waals surface area (Å²) in [7, 11) is 3.59. The molecule has 0 aromatic heterocycles. The van der Waals surface area contributed by atoms with Crippen LogP contribution in [0, 0.1) is 0 Å². The Bertz CT molecular complexity index is 321. The number of carboxylic acids is 1. The average Bonchev–Trinajstić information content (AvgIpc) is 3.21. The van der Waals surface area contributed by atoms with E-state index in [0.29, 0.717) is 32.0 Å². The molecular formula is C13H25N3O4. The number of rotatable bonds is 10. The summed E-state index contributed by atoms with van der Waals surface area (Å²) in [5.74, 6) is -1.02. The maximum absolute atomic E-state index is 11.6. The van der Waals surface area contributed by atoms with Crippen LogP contribution >= 0.6 is 0 Å². The number of carboxylic acid groups (broad SMARTS) is 1. The molecule has 1 unspecified atom stereocenters. The largest absolute Gasteiger partial charge is 0.480 e. The lowest BCUT2D eigenvalue weighted by molar-refractivity contribution is -0.139. The molecule has 0 aliphatic heterocycles. The monoisotopic (exact) mass is 287 g/mol. The minimum Gasteiger partial charge on any atom is -0.480 e. The molecule has 1 aliphatic rings. The summed E-state index contributed by atoms with van der Waals surface area (Å²) in [5, 5.41) is 14.2. The minimum atomic E-state index is -1.02. The molecule has 0 aromatic carbocycles. The highest BCUT2D eigenvalue weighted by atomic mass is 16.5. The van der Waals surface area contributed by atoms with Gasteiger partial charge in [0.15, 0.2) is 0 Å². The van der Waals surface area contributed by atoms with Crippen LogP contribution in [0.1, 0.15) is 25.7 Å². The molecule has 2 amide bonds. The summed E-state index contributed by atoms with van der Waals surface area (Å²) in [6, 6.07) is -0.647. The van der Waals surface area contributed by atoms with Crippen LogP contribution in [-0.4, -0.2) is 67.9 Å². The maximum Gasteiger partial charge on any atom is 0.326 e. The summed E-state index contributed by atoms with van der Waals surface area (Å²) in [5.41, 5.74) is 0. The summed E-state index contributed by atoms with van der Waals surface area (Å²) >= 11 is 0. The van der Waals surface area contributed by atoms with Crippen molar-refractivity contribution in [2.24, 2.45) is 0 Å². The number of aliphatic carboxylic acids is 1. The normalized spacial score (nSPS) is 15.9. The first-order valence-electron chi connectivity index (χ1n) is 7.01. The van der Waals surface area contributed by atoms with Crippen molar-refractivity contribution in [1.29, 1.82) is 0 Å². The Kier molecular flexibility index (Phi) is 7.32. The molecule has 116 valence electrons. The molecule has 7 nitrogen and oxygen atoms in total. The first kappa shape index (κ1) is 16.7. The highest BCUT2D eigenvalue weighted by Crippen LogP contribution is 2.24. The number of hydrogen-bond donors (Lipinski definition) is 3. The van der Waals surface area contributed by atoms with Crippen LogP contribution in [0.15, 0.2) is 0 Å². The molecule has 7 heteroatoms. The number of hydrogen-bond acceptors (Lipinski definition) is 4. The van der Waals surface area contributed by atoms with Gasteiger partial charge in [-0.15, -0.1) is 0 Å². The summed E-state index contributed by atoms with van der Waals surface area (Å²) in [6.07, 6.45) is 3.41. The van der Waals surface area contributed by atoms with Crippen molar-refractivity contribution >= 4 is 12.0 Å². The van der Waals surface area contributed by atoms with Crippen molar-refractivity contribution in [2.75, 3.05) is 33.9 Å². The van der Waals surface area contributed by atoms with Gasteiger partial charge in [-0.25, -0.2) is 9.59 Å². The van der Waals surface area contributed by atoms with Gasteiger partial charge in [-0.05, 0) is 32.7 Å². The first-order valence-corrected chi connectivity index (χ1v) is 7.01. The highest BCUT2D eigenvalue weighted by Gasteiger charge is 2.25. The molecule has 1 rings (SSSR count). The molecule has 0 saturated heterocycles. The zero-order valence-electron chi connectivity index (χ0n) is 12.2. The van der Waals surface area contributed by atoms with Crippen LogP contribution in [0.5, 0.6) is 0 Å². The van der Waals surface area contributed by atoms with Crippen LogP contribution in [0.4, 0.5) is 4.79 Å². The smallest absolute Gasteiger partial charge is 0.326 e. The number of carbonyl (C=O) groups excluding carboxylic acids is 1. The number of carbonyl (C=O) groups is 2. The van der Waals surface area contributed by atoms with Crippen molar-refractivity contribution in [3.63, 3.8) is 0 Å². The zero-order valence-corrected chi connectivity index (χ0v) is 12.2. The number of amides is 2. The molecule has 0 spiro atoms. The van der Waals surface area contributed by atoms with E-state index in [1.54, 1.807) is 7.11 Å². The zero-order chi connectivity index (χ0) is 15.0. The Balaban J connectivity index is 2.17. The Hall–Kier alpha value is -1.34. The van der Waals surface area contributed by atoms with E-state index in [2.05, 4.69) is 15.5 Å². The molecule has 1 aliphatic carbocycles. The van der Waals surface area contributed by atoms with Crippen LogP contribution in [0.25, 0.3) is 0 Å². The second-order valence-electron chi connectivity index (χ2n) is 5.14. The van der Waals surface area contributed by atoms with E-state index in [-0.39, 0.29) is 0 Å². The molecule has 1 saturated carbocycles. The van der Waals surface area contributed by atoms with Gasteiger partial charge in [0.2, 0.25) is 0 Å². The Morgan fingerprint density at radius 3 is 2.70 bits per heavy atom. The lowest BCUT2D eigenvalue weighted by atomic mass is 10.1. The fourth-order valence-corrected chi connectivity index (χ4v) is 1.94. The molecule has 3 N–H and O–H groups in total. The van der Waals surface area contributed by atoms with E-state index in [4.69, 9.17) is 9.84 Å². The van der Waals surface area contributed by atoms with Gasteiger partial charge >= 0.3 is 12.0 Å². The van der Waals surface area contributed by atoms with E-state index in [9.17, 15) is 9.59 Å². The molecule has 1 atom stereocenters. The number of nitrogens with one attached hydrogen (secondary N) is 2. The van der Waals surface area contributed by atoms with Crippen molar-refractivity contribution in [3.8, 4) is 0 Å². The van der Waals surface area contributed by atoms with Gasteiger partial charge < -0.3 is 25.4 Å². The van der Waals surface area contributed by atoms with Crippen LogP contribution in [0.3, 0.4) is 0 Å². The average molecular weight is 287 g/mol. The SMILES string of the molecule is COCCCC(NC(=O)NCCN(C)C1CC1)C(=O)O. The fraction of sp³-hybridized carbons (Fsp3) is 0.846. The fourth-order valence-electron chi connectivity index (χ4n) is 1.94. The number of urea groups is 1. The molecule has 0 heterocycles. The van der Waals surface area contributed by atoms with Crippen molar-refractivity contribution in [2.45, 2.75) is 37.8 Å². The quantitative estimate of drug-likeness (QED) is 0.501. The molecule has 20 heavy (non-hydrogen) atoms. The lowest BCUT2D eigenvalue weighted by Crippen LogP contribution is -2.47. The standard InChI is InChI=1S/C13H25N3O4/c1-16(10-5-6-10)8-7-14-13(19)15-11(12(17)18)4-3-9-20-2/h10-11H,3-9H2,1-2H3,(H,17,18)(H2,14,15,19). The van der Waals surface area contributed by atoms with Crippen LogP contribution in [0.2, 0.25) is 0 Å². The Labute approximate surface area is 119 Å². The highest BCUT2D eigenvalue weighted by molar-refractivity contribution is 5.82. The van der Waals surface area contributed by atoms with E-state index < -0.39 is 18.0 Å². The maximum atomic E-state index is 11.6. The third kappa shape index (κ3) is 6.72. The van der Waals surface area contributed by atoms with E-state index in [1.165, 1.54) is 12.8 Å². The topological polar surface area (TPSA) is 90.9 Å². The Morgan fingerprint density at radius 2 is 2.15 bits per heavy atom. The lowest BCUT2D eigenvalue weighted by Gasteiger charge is -2.18. The molecule has 0 bridgehead atoms. The number of likely N-dealkylation sites (N-methyl/N-ethyl adjacent to an activating group) is 1. The van der Waals surface area contributed by atoms with Gasteiger partial charge in [0.1, 0.15) is 6.04 Å². The van der Waals surface area contributed by atoms with Crippen molar-refractivity contribution in [3.05, 3.63) is 0 Å². The van der Waals surface area contributed by atoms with Gasteiger partial charge in [-0.3, -0.25) is 0 Å². The second-order valence-corrected chi connectivity index (χ2v) is 5.14. The van der Waals surface area contributed by atoms with Crippen molar-refractivity contribution in [1.82, 2.24) is 15.5 Å². The van der Waals surface area contributed by atoms with Gasteiger partial charge in [0.25, 0.3) is 0 Å². The van der Waals surface area contributed by atoms with Crippen LogP contribution in [-0.2, 0) is 9.53 Å². The van der Waals surface area contributed by atoms with Crippen LogP contribution < -0.4 is 10.6 Å². The van der Waals surface area contributed by atoms with E-state index >= 15 is 0 Å². The van der Waals surface area contributed by atoms with E-state index in [0.717, 1.165) is 6.54 Å². The second kappa shape index (κ2) is 8.76. The summed E-state index contributed by atoms with van der Waals surface area (Å²) < 4.78 is 4.87. The minimum absolute atomic E-state index is 0.360.